The molecule has 0 heterocycles. The van der Waals surface area contributed by atoms with E-state index in [1.807, 2.05) is 13.8 Å². The van der Waals surface area contributed by atoms with Crippen LogP contribution in [0, 0.1) is 28.6 Å². The Morgan fingerprint density at radius 1 is 1.19 bits per heavy atom. The third-order valence-corrected chi connectivity index (χ3v) is 3.66. The average Bonchev–Trinajstić information content (AvgIpc) is 2.16. The lowest BCUT2D eigenvalue weighted by Crippen LogP contribution is -2.37. The number of nitriles is 1. The predicted molar refractivity (Wildman–Crippen MR) is 68.0 cm³/mol. The molecule has 16 heavy (non-hydrogen) atoms. The van der Waals surface area contributed by atoms with Crippen LogP contribution >= 0.6 is 0 Å². The van der Waals surface area contributed by atoms with E-state index < -0.39 is 0 Å². The van der Waals surface area contributed by atoms with E-state index in [0.717, 1.165) is 24.8 Å². The minimum absolute atomic E-state index is 0.182. The Morgan fingerprint density at radius 3 is 2.25 bits per heavy atom. The van der Waals surface area contributed by atoms with Gasteiger partial charge >= 0.3 is 0 Å². The molecule has 1 aliphatic carbocycles. The van der Waals surface area contributed by atoms with Gasteiger partial charge in [-0.15, -0.1) is 0 Å². The Bertz CT molecular complexity index is 242. The minimum Gasteiger partial charge on any atom is -0.314 e. The van der Waals surface area contributed by atoms with E-state index in [1.54, 1.807) is 0 Å². The maximum absolute atomic E-state index is 8.94. The van der Waals surface area contributed by atoms with E-state index in [4.69, 9.17) is 5.26 Å². The van der Waals surface area contributed by atoms with Gasteiger partial charge in [0.25, 0.3) is 0 Å². The fraction of sp³-hybridized carbons (Fsp3) is 0.929. The van der Waals surface area contributed by atoms with Gasteiger partial charge in [-0.25, -0.2) is 0 Å². The third-order valence-electron chi connectivity index (χ3n) is 3.66. The normalized spacial score (nSPS) is 31.1. The van der Waals surface area contributed by atoms with Crippen LogP contribution in [0.2, 0.25) is 0 Å². The van der Waals surface area contributed by atoms with E-state index in [9.17, 15) is 0 Å². The van der Waals surface area contributed by atoms with Gasteiger partial charge < -0.3 is 5.32 Å². The summed E-state index contributed by atoms with van der Waals surface area (Å²) in [6.45, 7) is 9.71. The van der Waals surface area contributed by atoms with Crippen LogP contribution in [0.15, 0.2) is 0 Å². The second kappa shape index (κ2) is 5.68. The number of rotatable bonds is 4. The molecular weight excluding hydrogens is 196 g/mol. The first-order chi connectivity index (χ1) is 7.43. The second-order valence-electron chi connectivity index (χ2n) is 6.31. The quantitative estimate of drug-likeness (QED) is 0.792. The van der Waals surface area contributed by atoms with E-state index >= 15 is 0 Å². The zero-order chi connectivity index (χ0) is 12.2. The molecule has 2 nitrogen and oxygen atoms in total. The molecule has 1 rings (SSSR count). The molecular formula is C14H26N2. The maximum Gasteiger partial charge on any atom is 0.0684 e. The van der Waals surface area contributed by atoms with E-state index in [0.29, 0.717) is 6.04 Å². The summed E-state index contributed by atoms with van der Waals surface area (Å²) in [7, 11) is 0. The van der Waals surface area contributed by atoms with Gasteiger partial charge in [0.1, 0.15) is 0 Å². The highest BCUT2D eigenvalue weighted by molar-refractivity contribution is 4.92. The first-order valence-electron chi connectivity index (χ1n) is 6.57. The average molecular weight is 222 g/mol. The van der Waals surface area contributed by atoms with Crippen molar-refractivity contribution in [1.82, 2.24) is 5.32 Å². The van der Waals surface area contributed by atoms with Crippen molar-refractivity contribution < 1.29 is 0 Å². The summed E-state index contributed by atoms with van der Waals surface area (Å²) in [6.07, 6.45) is 4.93. The summed E-state index contributed by atoms with van der Waals surface area (Å²) in [5.74, 6) is 1.70. The Labute approximate surface area is 100 Å². The highest BCUT2D eigenvalue weighted by atomic mass is 14.9. The topological polar surface area (TPSA) is 35.8 Å². The fourth-order valence-electron chi connectivity index (χ4n) is 2.76. The molecule has 0 aromatic carbocycles. The van der Waals surface area contributed by atoms with Gasteiger partial charge in [-0.1, -0.05) is 13.8 Å². The lowest BCUT2D eigenvalue weighted by atomic mass is 9.80. The van der Waals surface area contributed by atoms with Crippen molar-refractivity contribution in [3.05, 3.63) is 0 Å². The van der Waals surface area contributed by atoms with Gasteiger partial charge in [0.15, 0.2) is 0 Å². The Balaban J connectivity index is 2.25. The standard InChI is InChI=1S/C14H26N2/c1-11-7-12(2)9-13(8-11)16-6-5-14(3,4)10-15/h11-13,16H,5-9H2,1-4H3. The minimum atomic E-state index is -0.182. The SMILES string of the molecule is CC1CC(C)CC(NCCC(C)(C)C#N)C1. The van der Waals surface area contributed by atoms with Gasteiger partial charge in [0, 0.05) is 6.04 Å². The molecule has 0 spiro atoms. The maximum atomic E-state index is 8.94. The van der Waals surface area contributed by atoms with E-state index in [1.165, 1.54) is 19.3 Å². The smallest absolute Gasteiger partial charge is 0.0684 e. The summed E-state index contributed by atoms with van der Waals surface area (Å²) >= 11 is 0. The highest BCUT2D eigenvalue weighted by Crippen LogP contribution is 2.28. The molecule has 0 amide bonds. The molecule has 92 valence electrons. The number of hydrogen-bond acceptors (Lipinski definition) is 2. The van der Waals surface area contributed by atoms with Crippen molar-refractivity contribution in [3.8, 4) is 6.07 Å². The van der Waals surface area contributed by atoms with Crippen molar-refractivity contribution in [1.29, 1.82) is 5.26 Å². The lowest BCUT2D eigenvalue weighted by molar-refractivity contribution is 0.234. The van der Waals surface area contributed by atoms with Crippen LogP contribution in [-0.4, -0.2) is 12.6 Å². The molecule has 1 aliphatic rings. The van der Waals surface area contributed by atoms with Crippen molar-refractivity contribution in [2.24, 2.45) is 17.3 Å². The number of hydrogen-bond donors (Lipinski definition) is 1. The molecule has 1 fully saturated rings. The van der Waals surface area contributed by atoms with Crippen LogP contribution in [0.1, 0.15) is 53.4 Å². The molecule has 0 saturated heterocycles. The van der Waals surface area contributed by atoms with Crippen molar-refractivity contribution in [2.75, 3.05) is 6.54 Å². The molecule has 0 aliphatic heterocycles. The van der Waals surface area contributed by atoms with Crippen LogP contribution in [0.4, 0.5) is 0 Å². The first-order valence-corrected chi connectivity index (χ1v) is 6.57. The Hall–Kier alpha value is -0.550. The van der Waals surface area contributed by atoms with E-state index in [2.05, 4.69) is 25.2 Å². The van der Waals surface area contributed by atoms with Crippen LogP contribution in [-0.2, 0) is 0 Å². The zero-order valence-electron chi connectivity index (χ0n) is 11.2. The monoisotopic (exact) mass is 222 g/mol. The molecule has 1 saturated carbocycles. The largest absolute Gasteiger partial charge is 0.314 e. The van der Waals surface area contributed by atoms with Crippen molar-refractivity contribution in [2.45, 2.75) is 59.4 Å². The predicted octanol–water partition coefficient (Wildman–Crippen LogP) is 3.34. The summed E-state index contributed by atoms with van der Waals surface area (Å²) in [5.41, 5.74) is -0.182. The molecule has 2 unspecified atom stereocenters. The second-order valence-corrected chi connectivity index (χ2v) is 6.31. The zero-order valence-corrected chi connectivity index (χ0v) is 11.2. The van der Waals surface area contributed by atoms with Gasteiger partial charge in [-0.2, -0.15) is 5.26 Å². The molecule has 0 bridgehead atoms. The third kappa shape index (κ3) is 4.53. The summed E-state index contributed by atoms with van der Waals surface area (Å²) in [5, 5.41) is 12.6. The lowest BCUT2D eigenvalue weighted by Gasteiger charge is -2.32. The number of nitrogens with one attached hydrogen (secondary N) is 1. The van der Waals surface area contributed by atoms with Crippen molar-refractivity contribution in [3.63, 3.8) is 0 Å². The molecule has 0 radical (unpaired) electrons. The van der Waals surface area contributed by atoms with Gasteiger partial charge in [0.05, 0.1) is 11.5 Å². The van der Waals surface area contributed by atoms with Crippen molar-refractivity contribution >= 4 is 0 Å². The van der Waals surface area contributed by atoms with Crippen LogP contribution in [0.25, 0.3) is 0 Å². The van der Waals surface area contributed by atoms with Crippen LogP contribution < -0.4 is 5.32 Å². The molecule has 2 heteroatoms. The van der Waals surface area contributed by atoms with Gasteiger partial charge in [-0.3, -0.25) is 0 Å². The molecule has 0 aromatic rings. The van der Waals surface area contributed by atoms with E-state index in [-0.39, 0.29) is 5.41 Å². The summed E-state index contributed by atoms with van der Waals surface area (Å²) in [6, 6.07) is 3.03. The fourth-order valence-corrected chi connectivity index (χ4v) is 2.76. The van der Waals surface area contributed by atoms with Gasteiger partial charge in [0.2, 0.25) is 0 Å². The first kappa shape index (κ1) is 13.5. The Kier molecular flexibility index (Phi) is 4.80. The molecule has 0 aromatic heterocycles. The highest BCUT2D eigenvalue weighted by Gasteiger charge is 2.24. The molecule has 2 atom stereocenters. The summed E-state index contributed by atoms with van der Waals surface area (Å²) in [4.78, 5) is 0. The van der Waals surface area contributed by atoms with Crippen LogP contribution in [0.3, 0.4) is 0 Å². The molecule has 1 N–H and O–H groups in total. The summed E-state index contributed by atoms with van der Waals surface area (Å²) < 4.78 is 0. The van der Waals surface area contributed by atoms with Crippen LogP contribution in [0.5, 0.6) is 0 Å². The Morgan fingerprint density at radius 2 is 1.75 bits per heavy atom. The number of nitrogens with zero attached hydrogens (tertiary/aromatic N) is 1. The van der Waals surface area contributed by atoms with Gasteiger partial charge in [-0.05, 0) is 57.9 Å².